The van der Waals surface area contributed by atoms with E-state index in [1.165, 1.54) is 0 Å². The van der Waals surface area contributed by atoms with Crippen molar-refractivity contribution in [2.24, 2.45) is 5.92 Å². The van der Waals surface area contributed by atoms with E-state index in [0.29, 0.717) is 19.1 Å². The standard InChI is InChI=1S/C19H24N2O2/c1-15(2)12-21-19(22)13-20-17-8-10-18(11-9-17)23-14-16-6-4-3-5-7-16/h3-11,15,20H,12-14H2,1-2H3,(H,21,22). The highest BCUT2D eigenvalue weighted by Crippen LogP contribution is 2.16. The molecular weight excluding hydrogens is 288 g/mol. The fourth-order valence-electron chi connectivity index (χ4n) is 1.97. The van der Waals surface area contributed by atoms with E-state index in [2.05, 4.69) is 24.5 Å². The summed E-state index contributed by atoms with van der Waals surface area (Å²) in [6, 6.07) is 17.7. The van der Waals surface area contributed by atoms with Crippen molar-refractivity contribution in [2.45, 2.75) is 20.5 Å². The van der Waals surface area contributed by atoms with Crippen LogP contribution in [0, 0.1) is 5.92 Å². The summed E-state index contributed by atoms with van der Waals surface area (Å²) in [7, 11) is 0. The Morgan fingerprint density at radius 3 is 2.39 bits per heavy atom. The van der Waals surface area contributed by atoms with Gasteiger partial charge in [0.05, 0.1) is 6.54 Å². The zero-order valence-electron chi connectivity index (χ0n) is 13.7. The Balaban J connectivity index is 1.75. The van der Waals surface area contributed by atoms with Crippen LogP contribution in [-0.2, 0) is 11.4 Å². The topological polar surface area (TPSA) is 50.4 Å². The SMILES string of the molecule is CC(C)CNC(=O)CNc1ccc(OCc2ccccc2)cc1. The highest BCUT2D eigenvalue weighted by Gasteiger charge is 2.02. The van der Waals surface area contributed by atoms with E-state index in [1.807, 2.05) is 54.6 Å². The summed E-state index contributed by atoms with van der Waals surface area (Å²) in [5, 5.41) is 5.98. The Morgan fingerprint density at radius 2 is 1.74 bits per heavy atom. The Kier molecular flexibility index (Phi) is 6.48. The molecule has 0 aliphatic heterocycles. The molecule has 1 amide bonds. The molecule has 2 N–H and O–H groups in total. The first-order chi connectivity index (χ1) is 11.1. The number of nitrogens with one attached hydrogen (secondary N) is 2. The lowest BCUT2D eigenvalue weighted by Gasteiger charge is -2.10. The van der Waals surface area contributed by atoms with E-state index < -0.39 is 0 Å². The number of amides is 1. The number of hydrogen-bond acceptors (Lipinski definition) is 3. The van der Waals surface area contributed by atoms with Crippen molar-refractivity contribution in [3.63, 3.8) is 0 Å². The van der Waals surface area contributed by atoms with E-state index in [1.54, 1.807) is 0 Å². The van der Waals surface area contributed by atoms with E-state index in [4.69, 9.17) is 4.74 Å². The second kappa shape index (κ2) is 8.83. The largest absolute Gasteiger partial charge is 0.489 e. The molecule has 0 bridgehead atoms. The second-order valence-corrected chi connectivity index (χ2v) is 5.85. The van der Waals surface area contributed by atoms with Crippen LogP contribution in [0.3, 0.4) is 0 Å². The summed E-state index contributed by atoms with van der Waals surface area (Å²) in [6.45, 7) is 5.67. The first-order valence-electron chi connectivity index (χ1n) is 7.91. The molecule has 0 atom stereocenters. The van der Waals surface area contributed by atoms with E-state index in [-0.39, 0.29) is 12.5 Å². The molecule has 122 valence electrons. The van der Waals surface area contributed by atoms with E-state index in [9.17, 15) is 4.79 Å². The normalized spacial score (nSPS) is 10.4. The van der Waals surface area contributed by atoms with Crippen molar-refractivity contribution < 1.29 is 9.53 Å². The van der Waals surface area contributed by atoms with Gasteiger partial charge in [0.15, 0.2) is 0 Å². The van der Waals surface area contributed by atoms with Gasteiger partial charge in [-0.25, -0.2) is 0 Å². The quantitative estimate of drug-likeness (QED) is 0.785. The lowest BCUT2D eigenvalue weighted by Crippen LogP contribution is -2.32. The van der Waals surface area contributed by atoms with Crippen molar-refractivity contribution in [3.8, 4) is 5.75 Å². The molecule has 0 radical (unpaired) electrons. The summed E-state index contributed by atoms with van der Waals surface area (Å²) in [5.41, 5.74) is 2.04. The first kappa shape index (κ1) is 16.9. The third kappa shape index (κ3) is 6.43. The molecule has 0 saturated carbocycles. The van der Waals surface area contributed by atoms with Crippen molar-refractivity contribution in [2.75, 3.05) is 18.4 Å². The van der Waals surface area contributed by atoms with Gasteiger partial charge in [0.25, 0.3) is 0 Å². The molecule has 0 aliphatic carbocycles. The maximum absolute atomic E-state index is 11.6. The summed E-state index contributed by atoms with van der Waals surface area (Å²) < 4.78 is 5.73. The minimum Gasteiger partial charge on any atom is -0.489 e. The van der Waals surface area contributed by atoms with Gasteiger partial charge in [-0.05, 0) is 35.7 Å². The molecule has 23 heavy (non-hydrogen) atoms. The van der Waals surface area contributed by atoms with Crippen molar-refractivity contribution in [1.29, 1.82) is 0 Å². The van der Waals surface area contributed by atoms with Crippen LogP contribution >= 0.6 is 0 Å². The van der Waals surface area contributed by atoms with Gasteiger partial charge in [-0.15, -0.1) is 0 Å². The van der Waals surface area contributed by atoms with Gasteiger partial charge in [-0.1, -0.05) is 44.2 Å². The zero-order chi connectivity index (χ0) is 16.5. The lowest BCUT2D eigenvalue weighted by atomic mass is 10.2. The van der Waals surface area contributed by atoms with Crippen LogP contribution < -0.4 is 15.4 Å². The number of benzene rings is 2. The van der Waals surface area contributed by atoms with E-state index in [0.717, 1.165) is 17.0 Å². The summed E-state index contributed by atoms with van der Waals surface area (Å²) in [6.07, 6.45) is 0. The second-order valence-electron chi connectivity index (χ2n) is 5.85. The van der Waals surface area contributed by atoms with Crippen LogP contribution in [0.2, 0.25) is 0 Å². The molecule has 2 rings (SSSR count). The molecule has 0 aliphatic rings. The number of hydrogen-bond donors (Lipinski definition) is 2. The molecule has 0 heterocycles. The van der Waals surface area contributed by atoms with Crippen LogP contribution in [0.5, 0.6) is 5.75 Å². The molecular formula is C19H24N2O2. The molecule has 0 aromatic heterocycles. The predicted octanol–water partition coefficient (Wildman–Crippen LogP) is 3.45. The molecule has 4 heteroatoms. The van der Waals surface area contributed by atoms with Crippen LogP contribution in [0.25, 0.3) is 0 Å². The maximum Gasteiger partial charge on any atom is 0.239 e. The molecule has 0 fully saturated rings. The van der Waals surface area contributed by atoms with Crippen LogP contribution in [-0.4, -0.2) is 19.0 Å². The molecule has 0 spiro atoms. The van der Waals surface area contributed by atoms with Gasteiger partial charge in [-0.2, -0.15) is 0 Å². The lowest BCUT2D eigenvalue weighted by molar-refractivity contribution is -0.119. The number of carbonyl (C=O) groups excluding carboxylic acids is 1. The van der Waals surface area contributed by atoms with Gasteiger partial charge in [0.2, 0.25) is 5.91 Å². The fraction of sp³-hybridized carbons (Fsp3) is 0.316. The van der Waals surface area contributed by atoms with Gasteiger partial charge in [0.1, 0.15) is 12.4 Å². The monoisotopic (exact) mass is 312 g/mol. The Labute approximate surface area is 137 Å². The van der Waals surface area contributed by atoms with Gasteiger partial charge >= 0.3 is 0 Å². The smallest absolute Gasteiger partial charge is 0.239 e. The number of ether oxygens (including phenoxy) is 1. The average Bonchev–Trinajstić information content (AvgIpc) is 2.58. The molecule has 4 nitrogen and oxygen atoms in total. The fourth-order valence-corrected chi connectivity index (χ4v) is 1.97. The molecule has 2 aromatic rings. The number of rotatable bonds is 8. The summed E-state index contributed by atoms with van der Waals surface area (Å²) in [5.74, 6) is 1.27. The van der Waals surface area contributed by atoms with Crippen molar-refractivity contribution in [3.05, 3.63) is 60.2 Å². The zero-order valence-corrected chi connectivity index (χ0v) is 13.7. The Hall–Kier alpha value is -2.49. The Bertz CT molecular complexity index is 595. The third-order valence-corrected chi connectivity index (χ3v) is 3.26. The Morgan fingerprint density at radius 1 is 1.04 bits per heavy atom. The molecule has 0 unspecified atom stereocenters. The minimum absolute atomic E-state index is 0.00287. The third-order valence-electron chi connectivity index (χ3n) is 3.26. The number of carbonyl (C=O) groups is 1. The first-order valence-corrected chi connectivity index (χ1v) is 7.91. The van der Waals surface area contributed by atoms with Crippen molar-refractivity contribution >= 4 is 11.6 Å². The summed E-state index contributed by atoms with van der Waals surface area (Å²) >= 11 is 0. The van der Waals surface area contributed by atoms with Crippen molar-refractivity contribution in [1.82, 2.24) is 5.32 Å². The molecule has 0 saturated heterocycles. The van der Waals surface area contributed by atoms with Gasteiger partial charge < -0.3 is 15.4 Å². The van der Waals surface area contributed by atoms with Crippen LogP contribution in [0.1, 0.15) is 19.4 Å². The maximum atomic E-state index is 11.6. The summed E-state index contributed by atoms with van der Waals surface area (Å²) in [4.78, 5) is 11.6. The minimum atomic E-state index is 0.00287. The number of anilines is 1. The van der Waals surface area contributed by atoms with Crippen LogP contribution in [0.4, 0.5) is 5.69 Å². The highest BCUT2D eigenvalue weighted by atomic mass is 16.5. The average molecular weight is 312 g/mol. The molecule has 2 aromatic carbocycles. The van der Waals surface area contributed by atoms with Crippen LogP contribution in [0.15, 0.2) is 54.6 Å². The van der Waals surface area contributed by atoms with Gasteiger partial charge in [-0.3, -0.25) is 4.79 Å². The highest BCUT2D eigenvalue weighted by molar-refractivity contribution is 5.80. The van der Waals surface area contributed by atoms with E-state index >= 15 is 0 Å². The van der Waals surface area contributed by atoms with Gasteiger partial charge in [0, 0.05) is 12.2 Å². The predicted molar refractivity (Wildman–Crippen MR) is 93.6 cm³/mol.